The van der Waals surface area contributed by atoms with Crippen molar-refractivity contribution in [2.24, 2.45) is 5.92 Å². The van der Waals surface area contributed by atoms with Gasteiger partial charge in [0.15, 0.2) is 6.29 Å². The summed E-state index contributed by atoms with van der Waals surface area (Å²) in [5, 5.41) is 0. The zero-order valence-corrected chi connectivity index (χ0v) is 7.78. The van der Waals surface area contributed by atoms with E-state index in [0.717, 1.165) is 19.6 Å². The van der Waals surface area contributed by atoms with Crippen LogP contribution in [-0.2, 0) is 14.2 Å². The highest BCUT2D eigenvalue weighted by Gasteiger charge is 2.43. The summed E-state index contributed by atoms with van der Waals surface area (Å²) in [4.78, 5) is 0. The van der Waals surface area contributed by atoms with Crippen LogP contribution in [0.3, 0.4) is 0 Å². The summed E-state index contributed by atoms with van der Waals surface area (Å²) in [6.07, 6.45) is 5.82. The van der Waals surface area contributed by atoms with Gasteiger partial charge in [-0.15, -0.1) is 0 Å². The van der Waals surface area contributed by atoms with Gasteiger partial charge in [0.2, 0.25) is 0 Å². The van der Waals surface area contributed by atoms with E-state index in [1.54, 1.807) is 0 Å². The van der Waals surface area contributed by atoms with Gasteiger partial charge in [0.05, 0.1) is 25.4 Å². The summed E-state index contributed by atoms with van der Waals surface area (Å²) >= 11 is 0. The van der Waals surface area contributed by atoms with Crippen LogP contribution in [-0.4, -0.2) is 31.7 Å². The highest BCUT2D eigenvalue weighted by molar-refractivity contribution is 4.85. The van der Waals surface area contributed by atoms with Gasteiger partial charge in [-0.05, 0) is 25.7 Å². The Morgan fingerprint density at radius 2 is 2.00 bits per heavy atom. The SMILES string of the molecule is C1CC(O[C@H]2CO[C@H]3OCC[C@H]32)C1. The minimum absolute atomic E-state index is 0.0464. The third kappa shape index (κ3) is 1.39. The second kappa shape index (κ2) is 3.23. The van der Waals surface area contributed by atoms with E-state index in [1.165, 1.54) is 19.3 Å². The maximum atomic E-state index is 5.96. The first-order valence-electron chi connectivity index (χ1n) is 5.32. The van der Waals surface area contributed by atoms with Crippen LogP contribution in [0.25, 0.3) is 0 Å². The van der Waals surface area contributed by atoms with Crippen LogP contribution >= 0.6 is 0 Å². The van der Waals surface area contributed by atoms with Gasteiger partial charge >= 0.3 is 0 Å². The standard InChI is InChI=1S/C10H16O3/c1-2-7(3-1)13-9-6-12-10-8(9)4-5-11-10/h7-10H,1-6H2/t8-,9-,10+/m0/s1. The summed E-state index contributed by atoms with van der Waals surface area (Å²) in [7, 11) is 0. The summed E-state index contributed by atoms with van der Waals surface area (Å²) in [6.45, 7) is 1.59. The predicted molar refractivity (Wildman–Crippen MR) is 46.3 cm³/mol. The minimum Gasteiger partial charge on any atom is -0.372 e. The van der Waals surface area contributed by atoms with Crippen molar-refractivity contribution in [3.05, 3.63) is 0 Å². The molecule has 2 saturated heterocycles. The van der Waals surface area contributed by atoms with Crippen molar-refractivity contribution in [2.45, 2.75) is 44.2 Å². The van der Waals surface area contributed by atoms with Crippen molar-refractivity contribution in [2.75, 3.05) is 13.2 Å². The second-order valence-electron chi connectivity index (χ2n) is 4.25. The second-order valence-corrected chi connectivity index (χ2v) is 4.25. The number of hydrogen-bond acceptors (Lipinski definition) is 3. The molecule has 1 aliphatic carbocycles. The molecule has 74 valence electrons. The molecule has 0 radical (unpaired) electrons. The van der Waals surface area contributed by atoms with E-state index in [2.05, 4.69) is 0 Å². The van der Waals surface area contributed by atoms with Crippen molar-refractivity contribution >= 4 is 0 Å². The molecule has 2 heterocycles. The minimum atomic E-state index is 0.0464. The lowest BCUT2D eigenvalue weighted by Crippen LogP contribution is -2.32. The number of ether oxygens (including phenoxy) is 3. The maximum absolute atomic E-state index is 5.96. The van der Waals surface area contributed by atoms with Crippen molar-refractivity contribution < 1.29 is 14.2 Å². The topological polar surface area (TPSA) is 27.7 Å². The van der Waals surface area contributed by atoms with Gasteiger partial charge in [-0.1, -0.05) is 0 Å². The Morgan fingerprint density at radius 3 is 2.77 bits per heavy atom. The smallest absolute Gasteiger partial charge is 0.163 e. The monoisotopic (exact) mass is 184 g/mol. The molecule has 3 atom stereocenters. The lowest BCUT2D eigenvalue weighted by Gasteiger charge is -2.29. The lowest BCUT2D eigenvalue weighted by molar-refractivity contribution is -0.0921. The fourth-order valence-electron chi connectivity index (χ4n) is 2.32. The number of rotatable bonds is 2. The van der Waals surface area contributed by atoms with Gasteiger partial charge in [-0.2, -0.15) is 0 Å². The molecular weight excluding hydrogens is 168 g/mol. The summed E-state index contributed by atoms with van der Waals surface area (Å²) in [6, 6.07) is 0. The molecule has 0 spiro atoms. The van der Waals surface area contributed by atoms with Gasteiger partial charge in [0, 0.05) is 5.92 Å². The Morgan fingerprint density at radius 1 is 1.08 bits per heavy atom. The Labute approximate surface area is 78.3 Å². The fourth-order valence-corrected chi connectivity index (χ4v) is 2.32. The van der Waals surface area contributed by atoms with Crippen molar-refractivity contribution in [1.82, 2.24) is 0 Å². The van der Waals surface area contributed by atoms with Crippen molar-refractivity contribution in [1.29, 1.82) is 0 Å². The molecule has 0 aromatic heterocycles. The van der Waals surface area contributed by atoms with Gasteiger partial charge in [0.1, 0.15) is 0 Å². The zero-order chi connectivity index (χ0) is 8.67. The molecule has 0 amide bonds. The molecule has 3 nitrogen and oxygen atoms in total. The molecule has 3 fully saturated rings. The van der Waals surface area contributed by atoms with Crippen LogP contribution in [0.4, 0.5) is 0 Å². The number of hydrogen-bond donors (Lipinski definition) is 0. The van der Waals surface area contributed by atoms with Gasteiger partial charge in [0.25, 0.3) is 0 Å². The Kier molecular flexibility index (Phi) is 2.04. The molecule has 0 N–H and O–H groups in total. The molecule has 0 aromatic carbocycles. The third-order valence-corrected chi connectivity index (χ3v) is 3.40. The molecule has 0 aromatic rings. The van der Waals surface area contributed by atoms with E-state index >= 15 is 0 Å². The van der Waals surface area contributed by atoms with Crippen LogP contribution in [0.2, 0.25) is 0 Å². The first kappa shape index (κ1) is 8.21. The maximum Gasteiger partial charge on any atom is 0.163 e. The quantitative estimate of drug-likeness (QED) is 0.647. The van der Waals surface area contributed by atoms with Gasteiger partial charge < -0.3 is 14.2 Å². The van der Waals surface area contributed by atoms with E-state index in [4.69, 9.17) is 14.2 Å². The molecule has 3 aliphatic rings. The van der Waals surface area contributed by atoms with Gasteiger partial charge in [-0.3, -0.25) is 0 Å². The molecule has 13 heavy (non-hydrogen) atoms. The highest BCUT2D eigenvalue weighted by atomic mass is 16.7. The highest BCUT2D eigenvalue weighted by Crippen LogP contribution is 2.35. The van der Waals surface area contributed by atoms with Crippen LogP contribution in [0.5, 0.6) is 0 Å². The molecule has 3 rings (SSSR count). The molecular formula is C10H16O3. The van der Waals surface area contributed by atoms with E-state index < -0.39 is 0 Å². The number of fused-ring (bicyclic) bond motifs is 1. The molecule has 0 bridgehead atoms. The van der Waals surface area contributed by atoms with E-state index in [9.17, 15) is 0 Å². The van der Waals surface area contributed by atoms with Crippen LogP contribution in [0.15, 0.2) is 0 Å². The van der Waals surface area contributed by atoms with Crippen LogP contribution in [0.1, 0.15) is 25.7 Å². The van der Waals surface area contributed by atoms with Crippen molar-refractivity contribution in [3.63, 3.8) is 0 Å². The summed E-state index contributed by atoms with van der Waals surface area (Å²) in [5.74, 6) is 0.514. The predicted octanol–water partition coefficient (Wildman–Crippen LogP) is 1.32. The third-order valence-electron chi connectivity index (χ3n) is 3.40. The average Bonchev–Trinajstić information content (AvgIpc) is 2.58. The first-order chi connectivity index (χ1) is 6.43. The Hall–Kier alpha value is -0.120. The van der Waals surface area contributed by atoms with Crippen LogP contribution in [0, 0.1) is 5.92 Å². The lowest BCUT2D eigenvalue weighted by atomic mass is 9.95. The van der Waals surface area contributed by atoms with E-state index in [0.29, 0.717) is 18.1 Å². The van der Waals surface area contributed by atoms with Gasteiger partial charge in [-0.25, -0.2) is 0 Å². The van der Waals surface area contributed by atoms with E-state index in [-0.39, 0.29) is 6.29 Å². The van der Waals surface area contributed by atoms with Crippen LogP contribution < -0.4 is 0 Å². The summed E-state index contributed by atoms with van der Waals surface area (Å²) in [5.41, 5.74) is 0. The molecule has 2 aliphatic heterocycles. The van der Waals surface area contributed by atoms with Crippen molar-refractivity contribution in [3.8, 4) is 0 Å². The first-order valence-corrected chi connectivity index (χ1v) is 5.32. The normalized spacial score (nSPS) is 44.8. The zero-order valence-electron chi connectivity index (χ0n) is 7.78. The molecule has 0 unspecified atom stereocenters. The Bertz CT molecular complexity index is 191. The largest absolute Gasteiger partial charge is 0.372 e. The Balaban J connectivity index is 1.58. The van der Waals surface area contributed by atoms with E-state index in [1.807, 2.05) is 0 Å². The fraction of sp³-hybridized carbons (Fsp3) is 1.00. The average molecular weight is 184 g/mol. The molecule has 1 saturated carbocycles. The molecule has 3 heteroatoms. The summed E-state index contributed by atoms with van der Waals surface area (Å²) < 4.78 is 16.9.